The number of halogens is 1. The van der Waals surface area contributed by atoms with E-state index in [1.165, 1.54) is 7.11 Å². The minimum Gasteiger partial charge on any atom is -0.453 e. The van der Waals surface area contributed by atoms with E-state index < -0.39 is 35.7 Å². The van der Waals surface area contributed by atoms with Crippen LogP contribution >= 0.6 is 11.6 Å². The van der Waals surface area contributed by atoms with Crippen LogP contribution in [0.1, 0.15) is 55.4 Å². The summed E-state index contributed by atoms with van der Waals surface area (Å²) in [5.41, 5.74) is 3.55. The fourth-order valence-electron chi connectivity index (χ4n) is 6.18. The number of alkyl carbamates (subject to hydrolysis) is 1. The maximum absolute atomic E-state index is 14.2. The highest BCUT2D eigenvalue weighted by Gasteiger charge is 2.34. The highest BCUT2D eigenvalue weighted by atomic mass is 35.5. The van der Waals surface area contributed by atoms with E-state index in [-0.39, 0.29) is 12.2 Å². The average Bonchev–Trinajstić information content (AvgIpc) is 3.14. The van der Waals surface area contributed by atoms with E-state index in [9.17, 15) is 14.4 Å². The summed E-state index contributed by atoms with van der Waals surface area (Å²) in [7, 11) is 1.27. The lowest BCUT2D eigenvalue weighted by Crippen LogP contribution is -2.51. The van der Waals surface area contributed by atoms with Crippen molar-refractivity contribution in [2.75, 3.05) is 25.5 Å². The molecule has 5 rings (SSSR count). The third-order valence-electron chi connectivity index (χ3n) is 8.62. The Balaban J connectivity index is 1.35. The van der Waals surface area contributed by atoms with E-state index in [0.29, 0.717) is 36.6 Å². The molecule has 0 radical (unpaired) electrons. The SMILES string of the molecule is COC(=O)N[C@H](C(=O)Nc1ccccc1CC[C@@H]1CN(C(=O)OC(C)(C)C)C[C@@H](/C=C/c2ccc(Cl)cc2)O1)C(c1ccccc1)c1ccccc1. The summed E-state index contributed by atoms with van der Waals surface area (Å²) in [6.45, 7) is 6.24. The minimum absolute atomic E-state index is 0.306. The molecule has 272 valence electrons. The summed E-state index contributed by atoms with van der Waals surface area (Å²) in [4.78, 5) is 41.8. The van der Waals surface area contributed by atoms with Crippen molar-refractivity contribution in [1.29, 1.82) is 0 Å². The first kappa shape index (κ1) is 38.1. The number of aryl methyl sites for hydroxylation is 1. The summed E-state index contributed by atoms with van der Waals surface area (Å²) in [6, 6.07) is 33.3. The number of para-hydroxylation sites is 1. The topological polar surface area (TPSA) is 106 Å². The van der Waals surface area contributed by atoms with Gasteiger partial charge in [-0.05, 0) is 74.1 Å². The van der Waals surface area contributed by atoms with Gasteiger partial charge in [-0.3, -0.25) is 4.79 Å². The molecule has 3 amide bonds. The number of benzene rings is 4. The van der Waals surface area contributed by atoms with Gasteiger partial charge in [0.15, 0.2) is 0 Å². The maximum Gasteiger partial charge on any atom is 0.410 e. The minimum atomic E-state index is -0.998. The Kier molecular flexibility index (Phi) is 13.1. The van der Waals surface area contributed by atoms with Crippen molar-refractivity contribution < 1.29 is 28.6 Å². The van der Waals surface area contributed by atoms with E-state index >= 15 is 0 Å². The van der Waals surface area contributed by atoms with Gasteiger partial charge in [0.1, 0.15) is 11.6 Å². The summed E-state index contributed by atoms with van der Waals surface area (Å²) >= 11 is 6.06. The van der Waals surface area contributed by atoms with Crippen molar-refractivity contribution in [3.05, 3.63) is 143 Å². The number of carbonyl (C=O) groups excluding carboxylic acids is 3. The van der Waals surface area contributed by atoms with Gasteiger partial charge >= 0.3 is 12.2 Å². The van der Waals surface area contributed by atoms with Crippen LogP contribution in [0.15, 0.2) is 115 Å². The van der Waals surface area contributed by atoms with Gasteiger partial charge < -0.3 is 29.7 Å². The lowest BCUT2D eigenvalue weighted by molar-refractivity contribution is -0.118. The molecule has 52 heavy (non-hydrogen) atoms. The molecular weight excluding hydrogens is 678 g/mol. The molecular formula is C42H46ClN3O6. The largest absolute Gasteiger partial charge is 0.453 e. The van der Waals surface area contributed by atoms with Crippen molar-refractivity contribution >= 4 is 41.5 Å². The molecule has 10 heteroatoms. The second-order valence-corrected chi connectivity index (χ2v) is 14.1. The van der Waals surface area contributed by atoms with Crippen LogP contribution in [0.2, 0.25) is 5.02 Å². The Morgan fingerprint density at radius 1 is 0.885 bits per heavy atom. The first-order valence-corrected chi connectivity index (χ1v) is 17.8. The number of morpholine rings is 1. The van der Waals surface area contributed by atoms with Crippen LogP contribution in [0.5, 0.6) is 0 Å². The second-order valence-electron chi connectivity index (χ2n) is 13.7. The van der Waals surface area contributed by atoms with Crippen molar-refractivity contribution in [2.24, 2.45) is 0 Å². The van der Waals surface area contributed by atoms with Crippen LogP contribution < -0.4 is 10.6 Å². The predicted molar refractivity (Wildman–Crippen MR) is 204 cm³/mol. The molecule has 0 saturated carbocycles. The van der Waals surface area contributed by atoms with Crippen LogP contribution in [0, 0.1) is 0 Å². The number of amides is 3. The second kappa shape index (κ2) is 17.9. The van der Waals surface area contributed by atoms with Crippen molar-refractivity contribution in [3.63, 3.8) is 0 Å². The average molecular weight is 724 g/mol. The summed E-state index contributed by atoms with van der Waals surface area (Å²) in [5, 5.41) is 6.54. The Bertz CT molecular complexity index is 1770. The third-order valence-corrected chi connectivity index (χ3v) is 8.87. The molecule has 1 aliphatic rings. The zero-order chi connectivity index (χ0) is 37.1. The maximum atomic E-state index is 14.2. The molecule has 1 fully saturated rings. The highest BCUT2D eigenvalue weighted by molar-refractivity contribution is 6.30. The van der Waals surface area contributed by atoms with Gasteiger partial charge in [-0.25, -0.2) is 9.59 Å². The van der Waals surface area contributed by atoms with Gasteiger partial charge in [0.05, 0.1) is 32.4 Å². The first-order valence-electron chi connectivity index (χ1n) is 17.4. The fraction of sp³-hybridized carbons (Fsp3) is 0.310. The number of hydrogen-bond donors (Lipinski definition) is 2. The number of carbonyl (C=O) groups is 3. The number of nitrogens with zero attached hydrogens (tertiary/aromatic N) is 1. The molecule has 1 heterocycles. The van der Waals surface area contributed by atoms with Crippen LogP contribution in [0.25, 0.3) is 6.08 Å². The predicted octanol–water partition coefficient (Wildman–Crippen LogP) is 8.49. The molecule has 2 N–H and O–H groups in total. The smallest absolute Gasteiger partial charge is 0.410 e. The standard InChI is InChI=1S/C42H46ClN3O6/c1-42(2,3)52-41(49)46-27-34(25-21-29-19-23-33(43)24-20-29)51-35(28-46)26-22-30-13-11-12-18-36(30)44-39(47)38(45-40(48)50-4)37(31-14-7-5-8-15-31)32-16-9-6-10-17-32/h5-21,23-25,34-35,37-38H,22,26-28H2,1-4H3,(H,44,47)(H,45,48)/b25-21+/t34-,35-,38+/m1/s1. The normalized spacial score (nSPS) is 16.7. The molecule has 0 spiro atoms. The van der Waals surface area contributed by atoms with Crippen molar-refractivity contribution in [2.45, 2.75) is 63.4 Å². The fourth-order valence-corrected chi connectivity index (χ4v) is 6.30. The van der Waals surface area contributed by atoms with Gasteiger partial charge in [-0.2, -0.15) is 0 Å². The summed E-state index contributed by atoms with van der Waals surface area (Å²) in [5.74, 6) is -0.894. The van der Waals surface area contributed by atoms with E-state index in [1.54, 1.807) is 4.90 Å². The highest BCUT2D eigenvalue weighted by Crippen LogP contribution is 2.30. The number of anilines is 1. The number of hydrogen-bond acceptors (Lipinski definition) is 6. The monoisotopic (exact) mass is 723 g/mol. The molecule has 0 unspecified atom stereocenters. The van der Waals surface area contributed by atoms with Gasteiger partial charge in [0.25, 0.3) is 0 Å². The molecule has 4 aromatic rings. The molecule has 1 saturated heterocycles. The zero-order valence-electron chi connectivity index (χ0n) is 30.0. The van der Waals surface area contributed by atoms with E-state index in [1.807, 2.05) is 142 Å². The number of methoxy groups -OCH3 is 1. The van der Waals surface area contributed by atoms with Crippen molar-refractivity contribution in [1.82, 2.24) is 10.2 Å². The zero-order valence-corrected chi connectivity index (χ0v) is 30.7. The van der Waals surface area contributed by atoms with Gasteiger partial charge in [-0.1, -0.05) is 115 Å². The van der Waals surface area contributed by atoms with E-state index in [0.717, 1.165) is 22.3 Å². The van der Waals surface area contributed by atoms with E-state index in [2.05, 4.69) is 10.6 Å². The summed E-state index contributed by atoms with van der Waals surface area (Å²) in [6.07, 6.45) is 3.24. The molecule has 0 aromatic heterocycles. The number of nitrogens with one attached hydrogen (secondary N) is 2. The van der Waals surface area contributed by atoms with Crippen LogP contribution in [-0.4, -0.2) is 67.0 Å². The first-order chi connectivity index (χ1) is 25.0. The van der Waals surface area contributed by atoms with Crippen LogP contribution in [0.3, 0.4) is 0 Å². The molecule has 0 bridgehead atoms. The van der Waals surface area contributed by atoms with Crippen LogP contribution in [-0.2, 0) is 25.4 Å². The van der Waals surface area contributed by atoms with Gasteiger partial charge in [-0.15, -0.1) is 0 Å². The molecule has 9 nitrogen and oxygen atoms in total. The third kappa shape index (κ3) is 10.9. The van der Waals surface area contributed by atoms with Crippen molar-refractivity contribution in [3.8, 4) is 0 Å². The Hall–Kier alpha value is -5.12. The van der Waals surface area contributed by atoms with Gasteiger partial charge in [0.2, 0.25) is 5.91 Å². The molecule has 4 aromatic carbocycles. The number of rotatable bonds is 11. The Labute approximate surface area is 310 Å². The number of ether oxygens (including phenoxy) is 3. The molecule has 1 aliphatic heterocycles. The van der Waals surface area contributed by atoms with Crippen LogP contribution in [0.4, 0.5) is 15.3 Å². The Morgan fingerprint density at radius 3 is 2.12 bits per heavy atom. The summed E-state index contributed by atoms with van der Waals surface area (Å²) < 4.78 is 17.2. The lowest BCUT2D eigenvalue weighted by atomic mass is 9.84. The quantitative estimate of drug-likeness (QED) is 0.161. The van der Waals surface area contributed by atoms with E-state index in [4.69, 9.17) is 25.8 Å². The molecule has 0 aliphatic carbocycles. The lowest BCUT2D eigenvalue weighted by Gasteiger charge is -2.38. The Morgan fingerprint density at radius 2 is 1.50 bits per heavy atom. The van der Waals surface area contributed by atoms with Gasteiger partial charge in [0, 0.05) is 16.6 Å². The molecule has 3 atom stereocenters.